The Bertz CT molecular complexity index is 1040. The number of aromatic nitrogens is 4. The summed E-state index contributed by atoms with van der Waals surface area (Å²) in [6.07, 6.45) is 5.24. The fraction of sp³-hybridized carbons (Fsp3) is 0.190. The van der Waals surface area contributed by atoms with Gasteiger partial charge < -0.3 is 4.74 Å². The molecule has 27 heavy (non-hydrogen) atoms. The van der Waals surface area contributed by atoms with E-state index >= 15 is 0 Å². The first-order valence-corrected chi connectivity index (χ1v) is 8.77. The van der Waals surface area contributed by atoms with Crippen molar-refractivity contribution in [1.82, 2.24) is 25.1 Å². The van der Waals surface area contributed by atoms with E-state index in [0.717, 1.165) is 46.7 Å². The average Bonchev–Trinajstić information content (AvgIpc) is 3.15. The summed E-state index contributed by atoms with van der Waals surface area (Å²) in [5, 5.41) is 9.74. The van der Waals surface area contributed by atoms with E-state index in [9.17, 15) is 0 Å². The summed E-state index contributed by atoms with van der Waals surface area (Å²) in [5.74, 6) is 0.865. The average molecular weight is 359 g/mol. The van der Waals surface area contributed by atoms with Crippen LogP contribution in [0.2, 0.25) is 0 Å². The summed E-state index contributed by atoms with van der Waals surface area (Å²) in [6, 6.07) is 14.4. The van der Waals surface area contributed by atoms with E-state index in [1.165, 1.54) is 5.39 Å². The highest BCUT2D eigenvalue weighted by molar-refractivity contribution is 5.88. The molecule has 0 aliphatic carbocycles. The van der Waals surface area contributed by atoms with E-state index < -0.39 is 0 Å². The number of hydrogen-bond donors (Lipinski definition) is 1. The van der Waals surface area contributed by atoms with Gasteiger partial charge in [-0.15, -0.1) is 0 Å². The molecule has 0 fully saturated rings. The minimum absolute atomic E-state index is 0.755. The molecule has 0 aliphatic heterocycles. The number of H-pyrrole nitrogens is 1. The van der Waals surface area contributed by atoms with Crippen LogP contribution in [0, 0.1) is 0 Å². The molecule has 2 heterocycles. The number of aromatic amines is 1. The molecule has 0 radical (unpaired) electrons. The molecule has 4 aromatic rings. The van der Waals surface area contributed by atoms with Crippen molar-refractivity contribution < 1.29 is 4.74 Å². The van der Waals surface area contributed by atoms with Crippen molar-refractivity contribution in [3.05, 3.63) is 72.4 Å². The number of benzene rings is 2. The van der Waals surface area contributed by atoms with E-state index in [1.807, 2.05) is 24.4 Å². The van der Waals surface area contributed by atoms with Crippen LogP contribution < -0.4 is 4.74 Å². The first kappa shape index (κ1) is 17.2. The van der Waals surface area contributed by atoms with Gasteiger partial charge >= 0.3 is 0 Å². The van der Waals surface area contributed by atoms with Crippen molar-refractivity contribution in [2.45, 2.75) is 13.1 Å². The van der Waals surface area contributed by atoms with Crippen molar-refractivity contribution in [2.75, 3.05) is 14.2 Å². The highest BCUT2D eigenvalue weighted by Crippen LogP contribution is 2.28. The maximum Gasteiger partial charge on any atom is 0.119 e. The number of ether oxygens (including phenoxy) is 1. The van der Waals surface area contributed by atoms with Gasteiger partial charge in [0.05, 0.1) is 24.7 Å². The predicted molar refractivity (Wildman–Crippen MR) is 105 cm³/mol. The van der Waals surface area contributed by atoms with Gasteiger partial charge in [0.15, 0.2) is 0 Å². The second-order valence-electron chi connectivity index (χ2n) is 6.57. The second kappa shape index (κ2) is 7.55. The third-order valence-electron chi connectivity index (χ3n) is 4.57. The zero-order chi connectivity index (χ0) is 18.6. The van der Waals surface area contributed by atoms with Gasteiger partial charge in [-0.3, -0.25) is 10.00 Å². The Kier molecular flexibility index (Phi) is 4.80. The lowest BCUT2D eigenvalue weighted by atomic mass is 10.0. The van der Waals surface area contributed by atoms with Gasteiger partial charge in [0.25, 0.3) is 0 Å². The molecule has 0 saturated heterocycles. The highest BCUT2D eigenvalue weighted by Gasteiger charge is 2.11. The summed E-state index contributed by atoms with van der Waals surface area (Å²) in [6.45, 7) is 1.53. The van der Waals surface area contributed by atoms with Crippen LogP contribution in [-0.4, -0.2) is 39.2 Å². The van der Waals surface area contributed by atoms with Crippen LogP contribution >= 0.6 is 0 Å². The number of methoxy groups -OCH3 is 1. The number of nitrogens with zero attached hydrogens (tertiary/aromatic N) is 4. The first-order valence-electron chi connectivity index (χ1n) is 8.77. The topological polar surface area (TPSA) is 66.9 Å². The van der Waals surface area contributed by atoms with Crippen molar-refractivity contribution in [3.63, 3.8) is 0 Å². The van der Waals surface area contributed by atoms with E-state index in [0.29, 0.717) is 0 Å². The molecule has 0 atom stereocenters. The quantitative estimate of drug-likeness (QED) is 0.569. The number of fused-ring (bicyclic) bond motifs is 1. The van der Waals surface area contributed by atoms with Gasteiger partial charge in [-0.25, -0.2) is 9.97 Å². The predicted octanol–water partition coefficient (Wildman–Crippen LogP) is 3.66. The lowest BCUT2D eigenvalue weighted by molar-refractivity contribution is 0.315. The molecule has 4 rings (SSSR count). The van der Waals surface area contributed by atoms with Gasteiger partial charge in [0.1, 0.15) is 12.1 Å². The normalized spacial score (nSPS) is 11.2. The third-order valence-corrected chi connectivity index (χ3v) is 4.57. The van der Waals surface area contributed by atoms with Crippen molar-refractivity contribution in [3.8, 4) is 17.0 Å². The summed E-state index contributed by atoms with van der Waals surface area (Å²) in [4.78, 5) is 10.5. The van der Waals surface area contributed by atoms with Crippen molar-refractivity contribution in [1.29, 1.82) is 0 Å². The minimum Gasteiger partial charge on any atom is -0.497 e. The number of rotatable bonds is 6. The highest BCUT2D eigenvalue weighted by atomic mass is 16.5. The maximum atomic E-state index is 5.31. The van der Waals surface area contributed by atoms with Gasteiger partial charge in [0.2, 0.25) is 0 Å². The van der Waals surface area contributed by atoms with Crippen molar-refractivity contribution >= 4 is 10.8 Å². The third kappa shape index (κ3) is 3.80. The summed E-state index contributed by atoms with van der Waals surface area (Å²) in [5.41, 5.74) is 4.31. The summed E-state index contributed by atoms with van der Waals surface area (Å²) >= 11 is 0. The molecule has 0 amide bonds. The lowest BCUT2D eigenvalue weighted by Gasteiger charge is -2.16. The molecule has 1 N–H and O–H groups in total. The summed E-state index contributed by atoms with van der Waals surface area (Å²) in [7, 11) is 3.76. The molecule has 0 unspecified atom stereocenters. The Balaban J connectivity index is 1.57. The van der Waals surface area contributed by atoms with Crippen LogP contribution in [0.25, 0.3) is 22.0 Å². The van der Waals surface area contributed by atoms with Gasteiger partial charge in [0, 0.05) is 30.4 Å². The zero-order valence-electron chi connectivity index (χ0n) is 15.4. The Morgan fingerprint density at radius 3 is 2.70 bits per heavy atom. The van der Waals surface area contributed by atoms with Crippen LogP contribution in [-0.2, 0) is 13.1 Å². The molecule has 0 aliphatic rings. The molecule has 0 spiro atoms. The van der Waals surface area contributed by atoms with Crippen molar-refractivity contribution in [2.24, 2.45) is 0 Å². The zero-order valence-corrected chi connectivity index (χ0v) is 15.4. The molecule has 0 bridgehead atoms. The van der Waals surface area contributed by atoms with Crippen LogP contribution in [0.5, 0.6) is 5.75 Å². The molecule has 6 heteroatoms. The van der Waals surface area contributed by atoms with Gasteiger partial charge in [-0.1, -0.05) is 18.2 Å². The molecular formula is C21H21N5O. The van der Waals surface area contributed by atoms with Crippen LogP contribution in [0.1, 0.15) is 11.3 Å². The molecule has 0 saturated carbocycles. The summed E-state index contributed by atoms with van der Waals surface area (Å²) < 4.78 is 5.31. The standard InChI is InChI=1S/C21H21N5O/c1-26(13-19-7-8-22-14-23-19)12-18-11-24-25-21(18)17-4-3-16-10-20(27-2)6-5-15(16)9-17/h3-11,14H,12-13H2,1-2H3,(H,24,25). The first-order chi connectivity index (χ1) is 13.2. The monoisotopic (exact) mass is 359 g/mol. The molecular weight excluding hydrogens is 338 g/mol. The Hall–Kier alpha value is -3.25. The lowest BCUT2D eigenvalue weighted by Crippen LogP contribution is -2.18. The van der Waals surface area contributed by atoms with E-state index in [-0.39, 0.29) is 0 Å². The Morgan fingerprint density at radius 1 is 1.04 bits per heavy atom. The second-order valence-corrected chi connectivity index (χ2v) is 6.57. The number of nitrogens with one attached hydrogen (secondary N) is 1. The van der Waals surface area contributed by atoms with E-state index in [4.69, 9.17) is 4.74 Å². The molecule has 6 nitrogen and oxygen atoms in total. The van der Waals surface area contributed by atoms with Crippen LogP contribution in [0.15, 0.2) is 61.2 Å². The Labute approximate surface area is 157 Å². The Morgan fingerprint density at radius 2 is 1.89 bits per heavy atom. The van der Waals surface area contributed by atoms with Crippen LogP contribution in [0.4, 0.5) is 0 Å². The maximum absolute atomic E-state index is 5.31. The SMILES string of the molecule is COc1ccc2cc(-c3[nH]ncc3CN(C)Cc3ccncn3)ccc2c1. The van der Waals surface area contributed by atoms with E-state index in [2.05, 4.69) is 56.4 Å². The smallest absolute Gasteiger partial charge is 0.119 e. The van der Waals surface area contributed by atoms with Crippen LogP contribution in [0.3, 0.4) is 0 Å². The van der Waals surface area contributed by atoms with Gasteiger partial charge in [-0.2, -0.15) is 5.10 Å². The fourth-order valence-corrected chi connectivity index (χ4v) is 3.22. The number of hydrogen-bond acceptors (Lipinski definition) is 5. The van der Waals surface area contributed by atoms with Gasteiger partial charge in [-0.05, 0) is 42.1 Å². The molecule has 136 valence electrons. The molecule has 2 aromatic carbocycles. The fourth-order valence-electron chi connectivity index (χ4n) is 3.22. The largest absolute Gasteiger partial charge is 0.497 e. The minimum atomic E-state index is 0.755. The molecule has 2 aromatic heterocycles. The van der Waals surface area contributed by atoms with E-state index in [1.54, 1.807) is 19.6 Å².